The molecule has 1 aliphatic heterocycles. The molecule has 2 aromatic carbocycles. The van der Waals surface area contributed by atoms with Crippen LogP contribution in [-0.4, -0.2) is 67.2 Å². The largest absolute Gasteiger partial charge is 0.494 e. The lowest BCUT2D eigenvalue weighted by Gasteiger charge is -2.28. The van der Waals surface area contributed by atoms with Gasteiger partial charge in [-0.1, -0.05) is 24.8 Å². The normalized spacial score (nSPS) is 14.2. The lowest BCUT2D eigenvalue weighted by Crippen LogP contribution is -2.29. The second kappa shape index (κ2) is 11.8. The van der Waals surface area contributed by atoms with Crippen LogP contribution >= 0.6 is 0 Å². The first-order valence-electron chi connectivity index (χ1n) is 12.2. The van der Waals surface area contributed by atoms with Gasteiger partial charge in [0.15, 0.2) is 0 Å². The average Bonchev–Trinajstić information content (AvgIpc) is 2.92. The van der Waals surface area contributed by atoms with Crippen LogP contribution in [0.5, 0.6) is 5.75 Å². The molecule has 3 aromatic rings. The number of likely N-dealkylation sites (N-methyl/N-ethyl adjacent to an activating group) is 2. The molecule has 38 heavy (non-hydrogen) atoms. The summed E-state index contributed by atoms with van der Waals surface area (Å²) in [7, 11) is 7.57. The number of amides is 1. The predicted molar refractivity (Wildman–Crippen MR) is 152 cm³/mol. The fourth-order valence-electron chi connectivity index (χ4n) is 4.08. The van der Waals surface area contributed by atoms with Gasteiger partial charge in [-0.2, -0.15) is 4.98 Å². The minimum atomic E-state index is -0.676. The molecule has 1 atom stereocenters. The number of nitrogens with one attached hydrogen (secondary N) is 2. The number of nitrogens with zero attached hydrogens (tertiary/aromatic N) is 5. The number of hydrogen-bond donors (Lipinski definition) is 3. The Bertz CT molecular complexity index is 1340. The summed E-state index contributed by atoms with van der Waals surface area (Å²) < 4.78 is 5.69. The number of para-hydroxylation sites is 1. The van der Waals surface area contributed by atoms with Crippen LogP contribution in [0.4, 0.5) is 34.5 Å². The first-order chi connectivity index (χ1) is 18.3. The van der Waals surface area contributed by atoms with Gasteiger partial charge in [-0.15, -0.1) is 0 Å². The summed E-state index contributed by atoms with van der Waals surface area (Å²) in [5.41, 5.74) is 3.61. The zero-order chi connectivity index (χ0) is 27.2. The number of ether oxygens (including phenoxy) is 1. The van der Waals surface area contributed by atoms with Crippen LogP contribution in [0.3, 0.4) is 0 Å². The Hall–Kier alpha value is -4.41. The number of anilines is 6. The Labute approximate surface area is 222 Å². The van der Waals surface area contributed by atoms with Gasteiger partial charge in [-0.25, -0.2) is 4.98 Å². The van der Waals surface area contributed by atoms with Crippen molar-refractivity contribution < 1.29 is 14.6 Å². The van der Waals surface area contributed by atoms with Crippen LogP contribution in [0.2, 0.25) is 0 Å². The molecule has 1 unspecified atom stereocenters. The van der Waals surface area contributed by atoms with Crippen molar-refractivity contribution >= 4 is 40.4 Å². The third kappa shape index (κ3) is 5.93. The topological polar surface area (TPSA) is 106 Å². The number of aliphatic hydroxyl groups excluding tert-OH is 1. The molecular formula is C28H33N7O3. The smallest absolute Gasteiger partial charge is 0.247 e. The molecular weight excluding hydrogens is 482 g/mol. The predicted octanol–water partition coefficient (Wildman–Crippen LogP) is 4.05. The zero-order valence-corrected chi connectivity index (χ0v) is 22.0. The second-order valence-electron chi connectivity index (χ2n) is 9.07. The molecule has 0 saturated carbocycles. The van der Waals surface area contributed by atoms with Gasteiger partial charge in [0.1, 0.15) is 17.7 Å². The van der Waals surface area contributed by atoms with E-state index in [0.29, 0.717) is 28.9 Å². The molecule has 4 rings (SSSR count). The minimum Gasteiger partial charge on any atom is -0.494 e. The number of benzene rings is 2. The molecule has 0 saturated heterocycles. The van der Waals surface area contributed by atoms with Crippen LogP contribution in [0, 0.1) is 0 Å². The monoisotopic (exact) mass is 515 g/mol. The Morgan fingerprint density at radius 2 is 1.97 bits per heavy atom. The number of aliphatic hydroxyl groups is 1. The van der Waals surface area contributed by atoms with E-state index in [4.69, 9.17) is 9.72 Å². The van der Waals surface area contributed by atoms with Crippen LogP contribution in [0.25, 0.3) is 0 Å². The molecule has 0 bridgehead atoms. The van der Waals surface area contributed by atoms with E-state index < -0.39 is 6.10 Å². The average molecular weight is 516 g/mol. The van der Waals surface area contributed by atoms with Crippen LogP contribution < -0.4 is 25.2 Å². The highest BCUT2D eigenvalue weighted by molar-refractivity contribution is 6.02. The summed E-state index contributed by atoms with van der Waals surface area (Å²) in [6.45, 7) is 5.14. The Morgan fingerprint density at radius 3 is 2.71 bits per heavy atom. The Kier molecular flexibility index (Phi) is 8.25. The molecule has 1 amide bonds. The molecule has 198 valence electrons. The summed E-state index contributed by atoms with van der Waals surface area (Å²) >= 11 is 0. The van der Waals surface area contributed by atoms with E-state index in [1.807, 2.05) is 56.4 Å². The number of carbonyl (C=O) groups is 1. The highest BCUT2D eigenvalue weighted by atomic mass is 16.5. The van der Waals surface area contributed by atoms with Gasteiger partial charge < -0.3 is 35.2 Å². The lowest BCUT2D eigenvalue weighted by molar-refractivity contribution is -0.111. The SMILES string of the molecule is C=CC(=O)Nc1cc(Nc2nccc(N3C=CC(O)c4ccccc43)n2)c(OC)cc1N(C)CCN(C)C. The van der Waals surface area contributed by atoms with E-state index >= 15 is 0 Å². The van der Waals surface area contributed by atoms with Gasteiger partial charge in [-0.3, -0.25) is 4.79 Å². The number of carbonyl (C=O) groups excluding carboxylic acids is 1. The van der Waals surface area contributed by atoms with Crippen LogP contribution in [-0.2, 0) is 4.79 Å². The summed E-state index contributed by atoms with van der Waals surface area (Å²) in [6.07, 6.45) is 5.71. The molecule has 0 radical (unpaired) electrons. The van der Waals surface area contributed by atoms with Gasteiger partial charge >= 0.3 is 0 Å². The van der Waals surface area contributed by atoms with E-state index in [0.717, 1.165) is 30.0 Å². The van der Waals surface area contributed by atoms with Crippen LogP contribution in [0.15, 0.2) is 73.6 Å². The molecule has 0 fully saturated rings. The molecule has 10 nitrogen and oxygen atoms in total. The van der Waals surface area contributed by atoms with Crippen molar-refractivity contribution in [1.82, 2.24) is 14.9 Å². The third-order valence-electron chi connectivity index (χ3n) is 6.12. The van der Waals surface area contributed by atoms with Crippen molar-refractivity contribution in [1.29, 1.82) is 0 Å². The van der Waals surface area contributed by atoms with Crippen molar-refractivity contribution in [2.45, 2.75) is 6.10 Å². The van der Waals surface area contributed by atoms with Crippen molar-refractivity contribution in [3.05, 3.63) is 79.2 Å². The van der Waals surface area contributed by atoms with Gasteiger partial charge in [0.05, 0.1) is 29.9 Å². The minimum absolute atomic E-state index is 0.320. The van der Waals surface area contributed by atoms with Gasteiger partial charge in [0.2, 0.25) is 11.9 Å². The molecule has 2 heterocycles. The fourth-order valence-corrected chi connectivity index (χ4v) is 4.08. The third-order valence-corrected chi connectivity index (χ3v) is 6.12. The second-order valence-corrected chi connectivity index (χ2v) is 9.07. The van der Waals surface area contributed by atoms with Crippen molar-refractivity contribution in [3.63, 3.8) is 0 Å². The van der Waals surface area contributed by atoms with Crippen molar-refractivity contribution in [2.24, 2.45) is 0 Å². The molecule has 0 spiro atoms. The summed E-state index contributed by atoms with van der Waals surface area (Å²) in [6, 6.07) is 13.1. The highest BCUT2D eigenvalue weighted by Crippen LogP contribution is 2.39. The Balaban J connectivity index is 1.67. The van der Waals surface area contributed by atoms with Crippen LogP contribution in [0.1, 0.15) is 11.7 Å². The molecule has 1 aromatic heterocycles. The maximum absolute atomic E-state index is 12.2. The van der Waals surface area contributed by atoms with E-state index in [9.17, 15) is 9.90 Å². The maximum atomic E-state index is 12.2. The number of hydrogen-bond acceptors (Lipinski definition) is 9. The summed E-state index contributed by atoms with van der Waals surface area (Å²) in [5, 5.41) is 16.5. The van der Waals surface area contributed by atoms with E-state index in [-0.39, 0.29) is 5.91 Å². The van der Waals surface area contributed by atoms with Crippen molar-refractivity contribution in [2.75, 3.05) is 61.8 Å². The standard InChI is InChI=1S/C28H33N7O3/c1-6-27(37)30-20-17-21(25(38-5)18-23(20)34(4)16-15-33(2)3)31-28-29-13-11-26(32-28)35-14-12-24(36)19-9-7-8-10-22(19)35/h6-14,17-18,24,36H,1,15-16H2,2-5H3,(H,30,37)(H,29,31,32). The fraction of sp³-hybridized carbons (Fsp3) is 0.250. The first-order valence-corrected chi connectivity index (χ1v) is 12.2. The van der Waals surface area contributed by atoms with Crippen molar-refractivity contribution in [3.8, 4) is 5.75 Å². The summed E-state index contributed by atoms with van der Waals surface area (Å²) in [4.78, 5) is 27.4. The van der Waals surface area contributed by atoms with Gasteiger partial charge in [-0.05, 0) is 44.4 Å². The quantitative estimate of drug-likeness (QED) is 0.345. The van der Waals surface area contributed by atoms with Gasteiger partial charge in [0, 0.05) is 44.2 Å². The van der Waals surface area contributed by atoms with E-state index in [1.54, 1.807) is 37.7 Å². The number of aromatic nitrogens is 2. The number of fused-ring (bicyclic) bond motifs is 1. The number of rotatable bonds is 10. The lowest BCUT2D eigenvalue weighted by atomic mass is 10.0. The summed E-state index contributed by atoms with van der Waals surface area (Å²) in [5.74, 6) is 1.21. The van der Waals surface area contributed by atoms with Gasteiger partial charge in [0.25, 0.3) is 0 Å². The molecule has 1 aliphatic rings. The number of methoxy groups -OCH3 is 1. The molecule has 3 N–H and O–H groups in total. The molecule has 10 heteroatoms. The first kappa shape index (κ1) is 26.6. The van der Waals surface area contributed by atoms with E-state index in [2.05, 4.69) is 32.0 Å². The maximum Gasteiger partial charge on any atom is 0.247 e. The zero-order valence-electron chi connectivity index (χ0n) is 22.0. The molecule has 0 aliphatic carbocycles. The highest BCUT2D eigenvalue weighted by Gasteiger charge is 2.21. The Morgan fingerprint density at radius 1 is 1.18 bits per heavy atom. The van der Waals surface area contributed by atoms with E-state index in [1.165, 1.54) is 6.08 Å².